The molecule has 0 aliphatic heterocycles. The lowest BCUT2D eigenvalue weighted by molar-refractivity contribution is 0.317. The Morgan fingerprint density at radius 2 is 2.26 bits per heavy atom. The first kappa shape index (κ1) is 13.1. The number of rotatable bonds is 5. The summed E-state index contributed by atoms with van der Waals surface area (Å²) in [6.45, 7) is 2.33. The minimum absolute atomic E-state index is 0.567. The molecular weight excluding hydrogens is 242 g/mol. The molecule has 0 unspecified atom stereocenters. The van der Waals surface area contributed by atoms with E-state index in [4.69, 9.17) is 9.94 Å². The number of benzene rings is 1. The SMILES string of the molecule is C/C(=N/O)c1cccc(OCCc2ccnn2C)c1. The summed E-state index contributed by atoms with van der Waals surface area (Å²) in [5.41, 5.74) is 2.54. The summed E-state index contributed by atoms with van der Waals surface area (Å²) in [5.74, 6) is 0.766. The molecule has 100 valence electrons. The van der Waals surface area contributed by atoms with E-state index in [2.05, 4.69) is 10.3 Å². The summed E-state index contributed by atoms with van der Waals surface area (Å²) in [5, 5.41) is 16.0. The van der Waals surface area contributed by atoms with Gasteiger partial charge in [-0.25, -0.2) is 0 Å². The molecule has 0 aliphatic rings. The van der Waals surface area contributed by atoms with Crippen LogP contribution in [0.5, 0.6) is 5.75 Å². The monoisotopic (exact) mass is 259 g/mol. The van der Waals surface area contributed by atoms with Crippen LogP contribution in [0.4, 0.5) is 0 Å². The molecule has 1 aromatic carbocycles. The van der Waals surface area contributed by atoms with Crippen molar-refractivity contribution in [2.75, 3.05) is 6.61 Å². The van der Waals surface area contributed by atoms with Crippen molar-refractivity contribution in [3.05, 3.63) is 47.8 Å². The van der Waals surface area contributed by atoms with E-state index in [0.29, 0.717) is 12.3 Å². The zero-order valence-corrected chi connectivity index (χ0v) is 11.1. The van der Waals surface area contributed by atoms with Gasteiger partial charge in [-0.1, -0.05) is 17.3 Å². The quantitative estimate of drug-likeness (QED) is 0.509. The van der Waals surface area contributed by atoms with Crippen LogP contribution in [0, 0.1) is 0 Å². The number of aryl methyl sites for hydroxylation is 1. The zero-order chi connectivity index (χ0) is 13.7. The first-order valence-electron chi connectivity index (χ1n) is 6.09. The Labute approximate surface area is 112 Å². The highest BCUT2D eigenvalue weighted by Gasteiger charge is 2.02. The smallest absolute Gasteiger partial charge is 0.119 e. The number of oxime groups is 1. The largest absolute Gasteiger partial charge is 0.493 e. The van der Waals surface area contributed by atoms with E-state index in [1.54, 1.807) is 13.1 Å². The van der Waals surface area contributed by atoms with Gasteiger partial charge in [-0.3, -0.25) is 4.68 Å². The molecule has 5 nitrogen and oxygen atoms in total. The van der Waals surface area contributed by atoms with Crippen molar-refractivity contribution in [3.8, 4) is 5.75 Å². The molecule has 0 fully saturated rings. The zero-order valence-electron chi connectivity index (χ0n) is 11.1. The summed E-state index contributed by atoms with van der Waals surface area (Å²) in [7, 11) is 1.91. The van der Waals surface area contributed by atoms with Crippen LogP contribution < -0.4 is 4.74 Å². The van der Waals surface area contributed by atoms with Gasteiger partial charge in [0.25, 0.3) is 0 Å². The van der Waals surface area contributed by atoms with E-state index < -0.39 is 0 Å². The van der Waals surface area contributed by atoms with Crippen molar-refractivity contribution in [3.63, 3.8) is 0 Å². The second-order valence-electron chi connectivity index (χ2n) is 4.26. The van der Waals surface area contributed by atoms with Crippen LogP contribution >= 0.6 is 0 Å². The number of hydrogen-bond donors (Lipinski definition) is 1. The maximum atomic E-state index is 8.75. The Balaban J connectivity index is 1.95. The van der Waals surface area contributed by atoms with Gasteiger partial charge < -0.3 is 9.94 Å². The summed E-state index contributed by atoms with van der Waals surface area (Å²) in [6, 6.07) is 9.48. The van der Waals surface area contributed by atoms with Crippen LogP contribution in [0.1, 0.15) is 18.2 Å². The van der Waals surface area contributed by atoms with Gasteiger partial charge in [0.2, 0.25) is 0 Å². The molecule has 1 N–H and O–H groups in total. The first-order chi connectivity index (χ1) is 9.20. The molecule has 2 aromatic rings. The molecule has 1 heterocycles. The molecule has 0 aliphatic carbocycles. The normalized spacial score (nSPS) is 11.6. The maximum Gasteiger partial charge on any atom is 0.119 e. The van der Waals surface area contributed by atoms with Gasteiger partial charge in [0.05, 0.1) is 12.3 Å². The van der Waals surface area contributed by atoms with E-state index in [-0.39, 0.29) is 0 Å². The lowest BCUT2D eigenvalue weighted by atomic mass is 10.1. The molecule has 0 amide bonds. The second-order valence-corrected chi connectivity index (χ2v) is 4.26. The Hall–Kier alpha value is -2.30. The Bertz CT molecular complexity index is 576. The highest BCUT2D eigenvalue weighted by Crippen LogP contribution is 2.14. The van der Waals surface area contributed by atoms with Crippen molar-refractivity contribution in [1.29, 1.82) is 0 Å². The van der Waals surface area contributed by atoms with Crippen molar-refractivity contribution >= 4 is 5.71 Å². The van der Waals surface area contributed by atoms with Gasteiger partial charge in [-0.15, -0.1) is 0 Å². The van der Waals surface area contributed by atoms with Crippen LogP contribution in [-0.4, -0.2) is 27.3 Å². The summed E-state index contributed by atoms with van der Waals surface area (Å²) >= 11 is 0. The van der Waals surface area contributed by atoms with Crippen LogP contribution in [-0.2, 0) is 13.5 Å². The van der Waals surface area contributed by atoms with Gasteiger partial charge in [0, 0.05) is 30.9 Å². The second kappa shape index (κ2) is 6.04. The van der Waals surface area contributed by atoms with Gasteiger partial charge in [0.1, 0.15) is 5.75 Å². The molecular formula is C14H17N3O2. The number of aromatic nitrogens is 2. The van der Waals surface area contributed by atoms with E-state index in [1.165, 1.54) is 0 Å². The van der Waals surface area contributed by atoms with E-state index in [9.17, 15) is 0 Å². The number of nitrogens with zero attached hydrogens (tertiary/aromatic N) is 3. The average molecular weight is 259 g/mol. The predicted molar refractivity (Wildman–Crippen MR) is 72.8 cm³/mol. The summed E-state index contributed by atoms with van der Waals surface area (Å²) in [6.07, 6.45) is 2.57. The van der Waals surface area contributed by atoms with E-state index >= 15 is 0 Å². The molecule has 1 aromatic heterocycles. The average Bonchev–Trinajstić information content (AvgIpc) is 2.84. The van der Waals surface area contributed by atoms with Crippen LogP contribution in [0.3, 0.4) is 0 Å². The molecule has 0 saturated heterocycles. The minimum atomic E-state index is 0.567. The highest BCUT2D eigenvalue weighted by atomic mass is 16.5. The molecule has 0 bridgehead atoms. The first-order valence-corrected chi connectivity index (χ1v) is 6.09. The topological polar surface area (TPSA) is 59.6 Å². The lowest BCUT2D eigenvalue weighted by Crippen LogP contribution is -2.06. The molecule has 19 heavy (non-hydrogen) atoms. The van der Waals surface area contributed by atoms with Gasteiger partial charge >= 0.3 is 0 Å². The Morgan fingerprint density at radius 3 is 2.95 bits per heavy atom. The molecule has 0 radical (unpaired) electrons. The number of ether oxygens (including phenoxy) is 1. The van der Waals surface area contributed by atoms with Crippen LogP contribution in [0.15, 0.2) is 41.7 Å². The predicted octanol–water partition coefficient (Wildman–Crippen LogP) is 2.24. The fourth-order valence-corrected chi connectivity index (χ4v) is 1.79. The van der Waals surface area contributed by atoms with Crippen molar-refractivity contribution in [2.45, 2.75) is 13.3 Å². The third-order valence-electron chi connectivity index (χ3n) is 2.95. The van der Waals surface area contributed by atoms with Crippen molar-refractivity contribution < 1.29 is 9.94 Å². The summed E-state index contributed by atoms with van der Waals surface area (Å²) < 4.78 is 7.53. The molecule has 0 spiro atoms. The standard InChI is InChI=1S/C14H17N3O2/c1-11(16-18)12-4-3-5-14(10-12)19-9-7-13-6-8-15-17(13)2/h3-6,8,10,18H,7,9H2,1-2H3/b16-11-. The molecule has 0 saturated carbocycles. The van der Waals surface area contributed by atoms with Crippen molar-refractivity contribution in [2.24, 2.45) is 12.2 Å². The third kappa shape index (κ3) is 3.34. The fourth-order valence-electron chi connectivity index (χ4n) is 1.79. The van der Waals surface area contributed by atoms with Gasteiger partial charge in [0.15, 0.2) is 0 Å². The third-order valence-corrected chi connectivity index (χ3v) is 2.95. The van der Waals surface area contributed by atoms with Gasteiger partial charge in [-0.2, -0.15) is 5.10 Å². The minimum Gasteiger partial charge on any atom is -0.493 e. The Morgan fingerprint density at radius 1 is 1.42 bits per heavy atom. The van der Waals surface area contributed by atoms with Gasteiger partial charge in [-0.05, 0) is 25.1 Å². The lowest BCUT2D eigenvalue weighted by Gasteiger charge is -2.08. The van der Waals surface area contributed by atoms with Crippen molar-refractivity contribution in [1.82, 2.24) is 9.78 Å². The van der Waals surface area contributed by atoms with Crippen LogP contribution in [0.2, 0.25) is 0 Å². The Kier molecular flexibility index (Phi) is 4.18. The molecule has 5 heteroatoms. The van der Waals surface area contributed by atoms with Crippen LogP contribution in [0.25, 0.3) is 0 Å². The van der Waals surface area contributed by atoms with E-state index in [1.807, 2.05) is 42.1 Å². The highest BCUT2D eigenvalue weighted by molar-refractivity contribution is 5.98. The van der Waals surface area contributed by atoms with E-state index in [0.717, 1.165) is 23.4 Å². The fraction of sp³-hybridized carbons (Fsp3) is 0.286. The summed E-state index contributed by atoms with van der Waals surface area (Å²) in [4.78, 5) is 0. The molecule has 0 atom stereocenters. The molecule has 2 rings (SSSR count). The maximum absolute atomic E-state index is 8.75. The number of hydrogen-bond acceptors (Lipinski definition) is 4.